The molecule has 116 valence electrons. The van der Waals surface area contributed by atoms with E-state index in [1.807, 2.05) is 54.1 Å². The van der Waals surface area contributed by atoms with Crippen LogP contribution in [-0.2, 0) is 0 Å². The molecule has 3 nitrogen and oxygen atoms in total. The summed E-state index contributed by atoms with van der Waals surface area (Å²) in [6.45, 7) is 6.16. The zero-order valence-electron chi connectivity index (χ0n) is 12.7. The predicted octanol–water partition coefficient (Wildman–Crippen LogP) is 5.01. The number of benzene rings is 1. The van der Waals surface area contributed by atoms with Crippen LogP contribution in [0.1, 0.15) is 15.2 Å². The van der Waals surface area contributed by atoms with Crippen molar-refractivity contribution in [1.29, 1.82) is 0 Å². The van der Waals surface area contributed by atoms with Crippen LogP contribution in [0.25, 0.3) is 11.3 Å². The van der Waals surface area contributed by atoms with Crippen molar-refractivity contribution < 1.29 is 4.79 Å². The second kappa shape index (κ2) is 6.89. The Kier molecular flexibility index (Phi) is 4.69. The Balaban J connectivity index is 1.93. The number of thiazole rings is 1. The number of anilines is 1. The van der Waals surface area contributed by atoms with Crippen molar-refractivity contribution in [1.82, 2.24) is 4.98 Å². The van der Waals surface area contributed by atoms with Crippen LogP contribution < -0.4 is 4.90 Å². The highest BCUT2D eigenvalue weighted by Gasteiger charge is 2.22. The maximum atomic E-state index is 12.8. The predicted molar refractivity (Wildman–Crippen MR) is 98.5 cm³/mol. The van der Waals surface area contributed by atoms with E-state index in [0.717, 1.165) is 21.7 Å². The number of carbonyl (C=O) groups is 1. The lowest BCUT2D eigenvalue weighted by atomic mass is 10.2. The Morgan fingerprint density at radius 3 is 2.70 bits per heavy atom. The van der Waals surface area contributed by atoms with Gasteiger partial charge < -0.3 is 0 Å². The van der Waals surface area contributed by atoms with Gasteiger partial charge in [0.15, 0.2) is 5.13 Å². The lowest BCUT2D eigenvalue weighted by molar-refractivity contribution is 0.0993. The van der Waals surface area contributed by atoms with Gasteiger partial charge in [0, 0.05) is 17.5 Å². The van der Waals surface area contributed by atoms with Gasteiger partial charge in [-0.1, -0.05) is 36.4 Å². The molecule has 0 aliphatic carbocycles. The standard InChI is InChI=1S/C18H16N2OS2/c1-3-10-20(17(21)16-13(2)9-11-22-16)18-19-15(12-23-18)14-7-5-4-6-8-14/h3-9,11-12H,1,10H2,2H3. The molecule has 1 amide bonds. The third-order valence-corrected chi connectivity index (χ3v) is 5.27. The summed E-state index contributed by atoms with van der Waals surface area (Å²) in [5.41, 5.74) is 2.93. The molecule has 0 aliphatic rings. The van der Waals surface area contributed by atoms with E-state index in [1.54, 1.807) is 11.0 Å². The molecule has 1 aromatic carbocycles. The van der Waals surface area contributed by atoms with E-state index in [0.29, 0.717) is 11.7 Å². The summed E-state index contributed by atoms with van der Waals surface area (Å²) in [5.74, 6) is -0.0219. The van der Waals surface area contributed by atoms with E-state index in [-0.39, 0.29) is 5.91 Å². The molecule has 0 atom stereocenters. The van der Waals surface area contributed by atoms with Gasteiger partial charge in [0.25, 0.3) is 5.91 Å². The molecule has 23 heavy (non-hydrogen) atoms. The summed E-state index contributed by atoms with van der Waals surface area (Å²) >= 11 is 2.94. The van der Waals surface area contributed by atoms with Crippen LogP contribution in [0.2, 0.25) is 0 Å². The van der Waals surface area contributed by atoms with Gasteiger partial charge in [0.2, 0.25) is 0 Å². The van der Waals surface area contributed by atoms with E-state index in [4.69, 9.17) is 0 Å². The molecule has 0 N–H and O–H groups in total. The van der Waals surface area contributed by atoms with Crippen LogP contribution in [0.3, 0.4) is 0 Å². The minimum atomic E-state index is -0.0219. The van der Waals surface area contributed by atoms with Crippen LogP contribution in [-0.4, -0.2) is 17.4 Å². The number of hydrogen-bond donors (Lipinski definition) is 0. The molecular formula is C18H16N2OS2. The smallest absolute Gasteiger partial charge is 0.270 e. The van der Waals surface area contributed by atoms with Crippen LogP contribution in [0.5, 0.6) is 0 Å². The number of thiophene rings is 1. The molecule has 5 heteroatoms. The number of amides is 1. The quantitative estimate of drug-likeness (QED) is 0.612. The van der Waals surface area contributed by atoms with Crippen molar-refractivity contribution in [2.75, 3.05) is 11.4 Å². The van der Waals surface area contributed by atoms with E-state index in [1.165, 1.54) is 22.7 Å². The Morgan fingerprint density at radius 2 is 2.04 bits per heavy atom. The van der Waals surface area contributed by atoms with Crippen molar-refractivity contribution >= 4 is 33.7 Å². The van der Waals surface area contributed by atoms with Crippen LogP contribution in [0.15, 0.2) is 59.8 Å². The molecule has 3 rings (SSSR count). The van der Waals surface area contributed by atoms with Gasteiger partial charge in [0.1, 0.15) is 0 Å². The first-order valence-corrected chi connectivity index (χ1v) is 8.94. The third kappa shape index (κ3) is 3.25. The van der Waals surface area contributed by atoms with Crippen molar-refractivity contribution in [2.45, 2.75) is 6.92 Å². The molecular weight excluding hydrogens is 324 g/mol. The highest BCUT2D eigenvalue weighted by molar-refractivity contribution is 7.15. The van der Waals surface area contributed by atoms with Gasteiger partial charge in [-0.25, -0.2) is 4.98 Å². The van der Waals surface area contributed by atoms with Gasteiger partial charge in [-0.3, -0.25) is 9.69 Å². The van der Waals surface area contributed by atoms with Crippen molar-refractivity contribution in [2.24, 2.45) is 0 Å². The number of nitrogens with zero attached hydrogens (tertiary/aromatic N) is 2. The molecule has 0 fully saturated rings. The summed E-state index contributed by atoms with van der Waals surface area (Å²) in [6, 6.07) is 11.9. The number of rotatable bonds is 5. The van der Waals surface area contributed by atoms with Gasteiger partial charge >= 0.3 is 0 Å². The average Bonchev–Trinajstić information content (AvgIpc) is 3.22. The molecule has 0 saturated carbocycles. The molecule has 2 heterocycles. The first-order valence-electron chi connectivity index (χ1n) is 7.18. The van der Waals surface area contributed by atoms with Crippen LogP contribution in [0, 0.1) is 6.92 Å². The van der Waals surface area contributed by atoms with E-state index in [2.05, 4.69) is 11.6 Å². The Hall–Kier alpha value is -2.24. The number of aromatic nitrogens is 1. The molecule has 0 unspecified atom stereocenters. The van der Waals surface area contributed by atoms with Gasteiger partial charge in [-0.2, -0.15) is 0 Å². The van der Waals surface area contributed by atoms with E-state index in [9.17, 15) is 4.79 Å². The van der Waals surface area contributed by atoms with Crippen LogP contribution >= 0.6 is 22.7 Å². The molecule has 0 bridgehead atoms. The first kappa shape index (κ1) is 15.6. The summed E-state index contributed by atoms with van der Waals surface area (Å²) in [5, 5.41) is 4.61. The van der Waals surface area contributed by atoms with E-state index < -0.39 is 0 Å². The number of carbonyl (C=O) groups excluding carboxylic acids is 1. The topological polar surface area (TPSA) is 33.2 Å². The summed E-state index contributed by atoms with van der Waals surface area (Å²) in [4.78, 5) is 19.9. The first-order chi connectivity index (χ1) is 11.2. The minimum Gasteiger partial charge on any atom is -0.279 e. The fourth-order valence-corrected chi connectivity index (χ4v) is 3.94. The summed E-state index contributed by atoms with van der Waals surface area (Å²) in [6.07, 6.45) is 1.73. The maximum absolute atomic E-state index is 12.8. The zero-order chi connectivity index (χ0) is 16.2. The molecule has 0 aliphatic heterocycles. The average molecular weight is 340 g/mol. The molecule has 0 radical (unpaired) electrons. The Labute approximate surface area is 143 Å². The van der Waals surface area contributed by atoms with Gasteiger partial charge in [-0.05, 0) is 23.9 Å². The molecule has 0 saturated heterocycles. The monoisotopic (exact) mass is 340 g/mol. The Morgan fingerprint density at radius 1 is 1.26 bits per heavy atom. The normalized spacial score (nSPS) is 10.5. The molecule has 0 spiro atoms. The summed E-state index contributed by atoms with van der Waals surface area (Å²) in [7, 11) is 0. The second-order valence-electron chi connectivity index (χ2n) is 5.02. The van der Waals surface area contributed by atoms with Crippen molar-refractivity contribution in [3.05, 3.63) is 70.3 Å². The minimum absolute atomic E-state index is 0.0219. The molecule has 2 aromatic heterocycles. The summed E-state index contributed by atoms with van der Waals surface area (Å²) < 4.78 is 0. The maximum Gasteiger partial charge on any atom is 0.270 e. The highest BCUT2D eigenvalue weighted by Crippen LogP contribution is 2.29. The van der Waals surface area contributed by atoms with Crippen molar-refractivity contribution in [3.8, 4) is 11.3 Å². The lowest BCUT2D eigenvalue weighted by Gasteiger charge is -2.17. The number of aryl methyl sites for hydroxylation is 1. The molecule has 3 aromatic rings. The second-order valence-corrected chi connectivity index (χ2v) is 6.77. The van der Waals surface area contributed by atoms with Crippen LogP contribution in [0.4, 0.5) is 5.13 Å². The fourth-order valence-electron chi connectivity index (χ4n) is 2.22. The van der Waals surface area contributed by atoms with Crippen molar-refractivity contribution in [3.63, 3.8) is 0 Å². The largest absolute Gasteiger partial charge is 0.279 e. The van der Waals surface area contributed by atoms with Gasteiger partial charge in [-0.15, -0.1) is 29.3 Å². The van der Waals surface area contributed by atoms with Gasteiger partial charge in [0.05, 0.1) is 10.6 Å². The highest BCUT2D eigenvalue weighted by atomic mass is 32.1. The lowest BCUT2D eigenvalue weighted by Crippen LogP contribution is -2.30. The fraction of sp³-hybridized carbons (Fsp3) is 0.111. The Bertz CT molecular complexity index is 820. The SMILES string of the molecule is C=CCN(C(=O)c1sccc1C)c1nc(-c2ccccc2)cs1. The third-order valence-electron chi connectivity index (χ3n) is 3.41. The zero-order valence-corrected chi connectivity index (χ0v) is 14.4. The number of hydrogen-bond acceptors (Lipinski definition) is 4. The van der Waals surface area contributed by atoms with E-state index >= 15 is 0 Å².